The van der Waals surface area contributed by atoms with E-state index in [1.165, 1.54) is 4.90 Å². The molecular weight excluding hydrogens is 235 g/mol. The Hall–Kier alpha value is -0.506. The molecule has 0 N–H and O–H groups in total. The molecule has 1 aromatic carbocycles. The number of hydrogen-bond donors (Lipinski definition) is 0. The van der Waals surface area contributed by atoms with Crippen molar-refractivity contribution in [2.75, 3.05) is 6.26 Å². The van der Waals surface area contributed by atoms with E-state index in [0.717, 1.165) is 5.56 Å². The van der Waals surface area contributed by atoms with Gasteiger partial charge in [-0.15, -0.1) is 11.8 Å². The SMILES string of the molecule is [CH2-]C(=O)OCc1ccc(SC)cc1.[V]. The summed E-state index contributed by atoms with van der Waals surface area (Å²) in [5, 5.41) is 0. The summed E-state index contributed by atoms with van der Waals surface area (Å²) in [7, 11) is 0. The number of thioether (sulfide) groups is 1. The Kier molecular flexibility index (Phi) is 6.63. The zero-order valence-corrected chi connectivity index (χ0v) is 10.1. The summed E-state index contributed by atoms with van der Waals surface area (Å²) in [5.74, 6) is -0.492. The van der Waals surface area contributed by atoms with Gasteiger partial charge in [0.15, 0.2) is 5.97 Å². The van der Waals surface area contributed by atoms with Crippen molar-refractivity contribution >= 4 is 17.7 Å². The van der Waals surface area contributed by atoms with Gasteiger partial charge in [-0.05, 0) is 24.0 Å². The molecule has 1 radical (unpaired) electrons. The third-order valence-electron chi connectivity index (χ3n) is 1.56. The molecule has 0 aliphatic carbocycles. The molecular formula is C10H11O2SV-. The van der Waals surface area contributed by atoms with E-state index in [1.54, 1.807) is 11.8 Å². The zero-order chi connectivity index (χ0) is 9.68. The van der Waals surface area contributed by atoms with Crippen LogP contribution in [0.25, 0.3) is 0 Å². The maximum absolute atomic E-state index is 10.4. The van der Waals surface area contributed by atoms with Crippen LogP contribution in [0.1, 0.15) is 5.56 Å². The Labute approximate surface area is 100 Å². The molecule has 75 valence electrons. The van der Waals surface area contributed by atoms with Gasteiger partial charge in [-0.3, -0.25) is 11.7 Å². The zero-order valence-electron chi connectivity index (χ0n) is 7.90. The van der Waals surface area contributed by atoms with Gasteiger partial charge in [0.1, 0.15) is 6.61 Å². The van der Waals surface area contributed by atoms with Crippen molar-refractivity contribution in [3.63, 3.8) is 0 Å². The van der Waals surface area contributed by atoms with Crippen LogP contribution in [0.3, 0.4) is 0 Å². The van der Waals surface area contributed by atoms with Gasteiger partial charge in [-0.1, -0.05) is 12.1 Å². The molecule has 0 unspecified atom stereocenters. The van der Waals surface area contributed by atoms with E-state index >= 15 is 0 Å². The van der Waals surface area contributed by atoms with Crippen LogP contribution in [-0.4, -0.2) is 12.2 Å². The molecule has 0 saturated heterocycles. The number of esters is 1. The van der Waals surface area contributed by atoms with Crippen molar-refractivity contribution in [3.8, 4) is 0 Å². The van der Waals surface area contributed by atoms with Crippen molar-refractivity contribution in [2.45, 2.75) is 11.5 Å². The normalized spacial score (nSPS) is 8.93. The molecule has 1 rings (SSSR count). The average molecular weight is 246 g/mol. The van der Waals surface area contributed by atoms with Crippen LogP contribution >= 0.6 is 11.8 Å². The van der Waals surface area contributed by atoms with E-state index in [9.17, 15) is 4.79 Å². The summed E-state index contributed by atoms with van der Waals surface area (Å²) in [6.07, 6.45) is 2.02. The monoisotopic (exact) mass is 246 g/mol. The predicted molar refractivity (Wildman–Crippen MR) is 53.4 cm³/mol. The quantitative estimate of drug-likeness (QED) is 0.465. The van der Waals surface area contributed by atoms with E-state index < -0.39 is 5.97 Å². The molecule has 0 saturated carbocycles. The molecule has 0 atom stereocenters. The molecule has 0 spiro atoms. The molecule has 0 aromatic heterocycles. The van der Waals surface area contributed by atoms with Gasteiger partial charge < -0.3 is 4.74 Å². The Morgan fingerprint density at radius 2 is 2.00 bits per heavy atom. The van der Waals surface area contributed by atoms with Gasteiger partial charge in [0.05, 0.1) is 0 Å². The van der Waals surface area contributed by atoms with E-state index in [1.807, 2.05) is 30.5 Å². The van der Waals surface area contributed by atoms with Crippen LogP contribution in [-0.2, 0) is 34.7 Å². The largest absolute Gasteiger partial charge is 0.484 e. The summed E-state index contributed by atoms with van der Waals surface area (Å²) in [6, 6.07) is 7.87. The van der Waals surface area contributed by atoms with E-state index in [4.69, 9.17) is 4.74 Å². The minimum absolute atomic E-state index is 0. The van der Waals surface area contributed by atoms with Crippen LogP contribution in [0.2, 0.25) is 0 Å². The number of hydrogen-bond acceptors (Lipinski definition) is 3. The van der Waals surface area contributed by atoms with E-state index in [0.29, 0.717) is 6.61 Å². The molecule has 0 heterocycles. The standard InChI is InChI=1S/C10H11O2S.V/c1-8(11)12-7-9-3-5-10(13-2)6-4-9;/h3-6H,1,7H2,2H3;/q-1;. The molecule has 0 aliphatic heterocycles. The molecule has 14 heavy (non-hydrogen) atoms. The topological polar surface area (TPSA) is 26.3 Å². The van der Waals surface area contributed by atoms with Crippen molar-refractivity contribution in [2.24, 2.45) is 0 Å². The number of rotatable bonds is 3. The maximum Gasteiger partial charge on any atom is 0.164 e. The molecule has 1 aromatic rings. The fourth-order valence-electron chi connectivity index (χ4n) is 0.886. The third kappa shape index (κ3) is 4.65. The Balaban J connectivity index is 0.00000169. The number of benzene rings is 1. The average Bonchev–Trinajstić information content (AvgIpc) is 2.15. The van der Waals surface area contributed by atoms with E-state index in [-0.39, 0.29) is 18.6 Å². The van der Waals surface area contributed by atoms with Crippen molar-refractivity contribution in [3.05, 3.63) is 36.8 Å². The van der Waals surface area contributed by atoms with Gasteiger partial charge in [-0.2, -0.15) is 0 Å². The fourth-order valence-corrected chi connectivity index (χ4v) is 1.29. The van der Waals surface area contributed by atoms with Gasteiger partial charge in [0, 0.05) is 23.5 Å². The van der Waals surface area contributed by atoms with E-state index in [2.05, 4.69) is 6.92 Å². The Bertz CT molecular complexity index is 285. The Morgan fingerprint density at radius 1 is 1.43 bits per heavy atom. The second-order valence-corrected chi connectivity index (χ2v) is 3.39. The number of carbonyl (C=O) groups is 1. The maximum atomic E-state index is 10.4. The van der Waals surface area contributed by atoms with Crippen LogP contribution < -0.4 is 0 Å². The minimum Gasteiger partial charge on any atom is -0.484 e. The third-order valence-corrected chi connectivity index (χ3v) is 2.30. The molecule has 0 amide bonds. The first kappa shape index (κ1) is 13.5. The summed E-state index contributed by atoms with van der Waals surface area (Å²) in [6.45, 7) is 3.42. The summed E-state index contributed by atoms with van der Waals surface area (Å²) < 4.78 is 4.74. The van der Waals surface area contributed by atoms with Crippen molar-refractivity contribution in [1.82, 2.24) is 0 Å². The first-order valence-corrected chi connectivity index (χ1v) is 5.06. The Morgan fingerprint density at radius 3 is 2.43 bits per heavy atom. The molecule has 0 fully saturated rings. The van der Waals surface area contributed by atoms with Gasteiger partial charge >= 0.3 is 0 Å². The summed E-state index contributed by atoms with van der Waals surface area (Å²) >= 11 is 1.68. The fraction of sp³-hybridized carbons (Fsp3) is 0.200. The van der Waals surface area contributed by atoms with Gasteiger partial charge in [-0.25, -0.2) is 0 Å². The molecule has 0 bridgehead atoms. The second kappa shape index (κ2) is 6.88. The van der Waals surface area contributed by atoms with Crippen LogP contribution in [0.5, 0.6) is 0 Å². The van der Waals surface area contributed by atoms with Crippen LogP contribution in [0.4, 0.5) is 0 Å². The van der Waals surface area contributed by atoms with Crippen LogP contribution in [0, 0.1) is 6.92 Å². The number of carbonyl (C=O) groups excluding carboxylic acids is 1. The number of ether oxygens (including phenoxy) is 1. The summed E-state index contributed by atoms with van der Waals surface area (Å²) in [4.78, 5) is 11.6. The predicted octanol–water partition coefficient (Wildman–Crippen LogP) is 2.28. The van der Waals surface area contributed by atoms with Crippen LogP contribution in [0.15, 0.2) is 29.2 Å². The molecule has 0 aliphatic rings. The van der Waals surface area contributed by atoms with Gasteiger partial charge in [0.2, 0.25) is 0 Å². The van der Waals surface area contributed by atoms with Gasteiger partial charge in [0.25, 0.3) is 0 Å². The first-order valence-electron chi connectivity index (χ1n) is 3.84. The summed E-state index contributed by atoms with van der Waals surface area (Å²) in [5.41, 5.74) is 0.981. The first-order chi connectivity index (χ1) is 6.22. The minimum atomic E-state index is -0.492. The smallest absolute Gasteiger partial charge is 0.164 e. The second-order valence-electron chi connectivity index (χ2n) is 2.51. The van der Waals surface area contributed by atoms with Crippen molar-refractivity contribution < 1.29 is 28.1 Å². The molecule has 2 nitrogen and oxygen atoms in total. The van der Waals surface area contributed by atoms with Crippen molar-refractivity contribution in [1.29, 1.82) is 0 Å². The molecule has 4 heteroatoms.